The Kier molecular flexibility index (Phi) is 2.56. The van der Waals surface area contributed by atoms with E-state index in [9.17, 15) is 4.79 Å². The Hall–Kier alpha value is -0.530. The average molecular weight is 182 g/mol. The Labute approximate surface area is 79.3 Å². The highest BCUT2D eigenvalue weighted by molar-refractivity contribution is 5.66. The molecule has 0 amide bonds. The van der Waals surface area contributed by atoms with Gasteiger partial charge in [0.25, 0.3) is 0 Å². The molecule has 2 rings (SSSR count). The lowest BCUT2D eigenvalue weighted by molar-refractivity contribution is -0.137. The summed E-state index contributed by atoms with van der Waals surface area (Å²) in [4.78, 5) is 10.4. The molecule has 74 valence electrons. The minimum Gasteiger partial charge on any atom is -0.481 e. The zero-order valence-corrected chi connectivity index (χ0v) is 8.04. The maximum absolute atomic E-state index is 10.4. The van der Waals surface area contributed by atoms with Gasteiger partial charge in [0.15, 0.2) is 0 Å². The monoisotopic (exact) mass is 182 g/mol. The molecule has 0 saturated heterocycles. The predicted molar refractivity (Wildman–Crippen MR) is 50.4 cm³/mol. The van der Waals surface area contributed by atoms with Gasteiger partial charge in [0.05, 0.1) is 0 Å². The van der Waals surface area contributed by atoms with Crippen molar-refractivity contribution in [1.82, 2.24) is 0 Å². The van der Waals surface area contributed by atoms with Gasteiger partial charge in [-0.05, 0) is 37.0 Å². The van der Waals surface area contributed by atoms with Crippen LogP contribution in [-0.2, 0) is 4.79 Å². The molecule has 0 spiro atoms. The summed E-state index contributed by atoms with van der Waals surface area (Å²) in [6.45, 7) is 0. The number of rotatable bonds is 3. The molecule has 0 aromatic rings. The van der Waals surface area contributed by atoms with Gasteiger partial charge in [-0.1, -0.05) is 19.3 Å². The molecule has 2 aliphatic rings. The molecule has 13 heavy (non-hydrogen) atoms. The van der Waals surface area contributed by atoms with Crippen molar-refractivity contribution in [1.29, 1.82) is 0 Å². The van der Waals surface area contributed by atoms with Gasteiger partial charge in [0.1, 0.15) is 0 Å². The topological polar surface area (TPSA) is 37.3 Å². The zero-order chi connectivity index (χ0) is 9.26. The van der Waals surface area contributed by atoms with Crippen LogP contribution in [0.5, 0.6) is 0 Å². The number of hydrogen-bond acceptors (Lipinski definition) is 1. The molecule has 0 heterocycles. The average Bonchev–Trinajstić information content (AvgIpc) is 2.58. The van der Waals surface area contributed by atoms with Crippen molar-refractivity contribution in [3.63, 3.8) is 0 Å². The summed E-state index contributed by atoms with van der Waals surface area (Å²) in [6, 6.07) is 0. The summed E-state index contributed by atoms with van der Waals surface area (Å²) >= 11 is 0. The van der Waals surface area contributed by atoms with E-state index < -0.39 is 5.97 Å². The lowest BCUT2D eigenvalue weighted by Gasteiger charge is -2.08. The van der Waals surface area contributed by atoms with Crippen LogP contribution in [0, 0.1) is 17.8 Å². The summed E-state index contributed by atoms with van der Waals surface area (Å²) in [5, 5.41) is 8.58. The smallest absolute Gasteiger partial charge is 0.303 e. The van der Waals surface area contributed by atoms with Crippen LogP contribution in [0.15, 0.2) is 0 Å². The first kappa shape index (κ1) is 9.04. The third kappa shape index (κ3) is 2.04. The van der Waals surface area contributed by atoms with Gasteiger partial charge in [-0.2, -0.15) is 0 Å². The van der Waals surface area contributed by atoms with Gasteiger partial charge in [-0.15, -0.1) is 0 Å². The summed E-state index contributed by atoms with van der Waals surface area (Å²) in [7, 11) is 0. The Balaban J connectivity index is 1.75. The second kappa shape index (κ2) is 3.69. The minimum absolute atomic E-state index is 0.379. The van der Waals surface area contributed by atoms with Gasteiger partial charge >= 0.3 is 5.97 Å². The van der Waals surface area contributed by atoms with E-state index in [1.54, 1.807) is 0 Å². The fourth-order valence-corrected chi connectivity index (χ4v) is 3.25. The molecule has 2 heteroatoms. The van der Waals surface area contributed by atoms with Crippen LogP contribution in [0.2, 0.25) is 0 Å². The molecule has 0 aromatic heterocycles. The molecule has 2 atom stereocenters. The Morgan fingerprint density at radius 3 is 2.38 bits per heavy atom. The third-order valence-corrected chi connectivity index (χ3v) is 3.86. The molecule has 2 fully saturated rings. The summed E-state index contributed by atoms with van der Waals surface area (Å²) in [5.74, 6) is 2.01. The lowest BCUT2D eigenvalue weighted by atomic mass is 9.98. The first-order valence-corrected chi connectivity index (χ1v) is 5.47. The molecule has 1 N–H and O–H groups in total. The normalized spacial score (nSPS) is 37.7. The lowest BCUT2D eigenvalue weighted by Crippen LogP contribution is -2.01. The van der Waals surface area contributed by atoms with Gasteiger partial charge in [0.2, 0.25) is 0 Å². The fourth-order valence-electron chi connectivity index (χ4n) is 3.25. The number of aliphatic carboxylic acids is 1. The number of fused-ring (bicyclic) bond motifs is 1. The Morgan fingerprint density at radius 1 is 1.23 bits per heavy atom. The highest BCUT2D eigenvalue weighted by Crippen LogP contribution is 2.47. The maximum Gasteiger partial charge on any atom is 0.303 e. The molecule has 0 bridgehead atoms. The number of hydrogen-bond donors (Lipinski definition) is 1. The van der Waals surface area contributed by atoms with Crippen molar-refractivity contribution in [2.75, 3.05) is 0 Å². The maximum atomic E-state index is 10.4. The summed E-state index contributed by atoms with van der Waals surface area (Å²) < 4.78 is 0. The van der Waals surface area contributed by atoms with Crippen LogP contribution in [-0.4, -0.2) is 11.1 Å². The van der Waals surface area contributed by atoms with Crippen LogP contribution < -0.4 is 0 Å². The van der Waals surface area contributed by atoms with Crippen molar-refractivity contribution in [2.45, 2.75) is 44.9 Å². The van der Waals surface area contributed by atoms with Gasteiger partial charge in [0, 0.05) is 6.42 Å². The highest BCUT2D eigenvalue weighted by atomic mass is 16.4. The van der Waals surface area contributed by atoms with Crippen molar-refractivity contribution in [2.24, 2.45) is 17.8 Å². The molecule has 2 unspecified atom stereocenters. The van der Waals surface area contributed by atoms with Crippen molar-refractivity contribution >= 4 is 5.97 Å². The number of carboxylic acids is 1. The largest absolute Gasteiger partial charge is 0.481 e. The number of carbonyl (C=O) groups is 1. The van der Waals surface area contributed by atoms with Crippen molar-refractivity contribution in [3.05, 3.63) is 0 Å². The van der Waals surface area contributed by atoms with Crippen LogP contribution in [0.4, 0.5) is 0 Å². The van der Waals surface area contributed by atoms with E-state index in [4.69, 9.17) is 5.11 Å². The third-order valence-electron chi connectivity index (χ3n) is 3.86. The van der Waals surface area contributed by atoms with Crippen LogP contribution in [0.25, 0.3) is 0 Å². The SMILES string of the molecule is O=C(O)CCC1CC2CCCC2C1. The molecule has 0 aromatic carbocycles. The van der Waals surface area contributed by atoms with E-state index >= 15 is 0 Å². The standard InChI is InChI=1S/C11H18O2/c12-11(13)5-4-8-6-9-2-1-3-10(9)7-8/h8-10H,1-7H2,(H,12,13). The molecule has 2 aliphatic carbocycles. The Bertz CT molecular complexity index is 188. The van der Waals surface area contributed by atoms with E-state index in [1.165, 1.54) is 32.1 Å². The van der Waals surface area contributed by atoms with Crippen molar-refractivity contribution < 1.29 is 9.90 Å². The molecule has 0 radical (unpaired) electrons. The molecular weight excluding hydrogens is 164 g/mol. The molecule has 2 saturated carbocycles. The van der Waals surface area contributed by atoms with Gasteiger partial charge < -0.3 is 5.11 Å². The molecular formula is C11H18O2. The van der Waals surface area contributed by atoms with E-state index in [0.717, 1.165) is 24.2 Å². The minimum atomic E-state index is -0.628. The van der Waals surface area contributed by atoms with Gasteiger partial charge in [-0.3, -0.25) is 4.79 Å². The Morgan fingerprint density at radius 2 is 1.85 bits per heavy atom. The fraction of sp³-hybridized carbons (Fsp3) is 0.909. The van der Waals surface area contributed by atoms with E-state index in [0.29, 0.717) is 6.42 Å². The second-order valence-electron chi connectivity index (χ2n) is 4.72. The van der Waals surface area contributed by atoms with E-state index in [1.807, 2.05) is 0 Å². The zero-order valence-electron chi connectivity index (χ0n) is 8.04. The molecule has 2 nitrogen and oxygen atoms in total. The van der Waals surface area contributed by atoms with Gasteiger partial charge in [-0.25, -0.2) is 0 Å². The predicted octanol–water partition coefficient (Wildman–Crippen LogP) is 2.68. The molecule has 0 aliphatic heterocycles. The quantitative estimate of drug-likeness (QED) is 0.728. The van der Waals surface area contributed by atoms with Crippen LogP contribution in [0.1, 0.15) is 44.9 Å². The van der Waals surface area contributed by atoms with Crippen molar-refractivity contribution in [3.8, 4) is 0 Å². The van der Waals surface area contributed by atoms with Crippen LogP contribution >= 0.6 is 0 Å². The summed E-state index contributed by atoms with van der Waals surface area (Å²) in [5.41, 5.74) is 0. The summed E-state index contributed by atoms with van der Waals surface area (Å²) in [6.07, 6.45) is 8.17. The first-order chi connectivity index (χ1) is 6.25. The highest BCUT2D eigenvalue weighted by Gasteiger charge is 2.36. The first-order valence-electron chi connectivity index (χ1n) is 5.47. The number of carboxylic acid groups (broad SMARTS) is 1. The van der Waals surface area contributed by atoms with Crippen LogP contribution in [0.3, 0.4) is 0 Å². The van der Waals surface area contributed by atoms with E-state index in [2.05, 4.69) is 0 Å². The second-order valence-corrected chi connectivity index (χ2v) is 4.72. The van der Waals surface area contributed by atoms with E-state index in [-0.39, 0.29) is 0 Å².